The molecule has 1 aliphatic rings. The van der Waals surface area contributed by atoms with Gasteiger partial charge in [-0.05, 0) is 44.4 Å². The third-order valence-electron chi connectivity index (χ3n) is 6.48. The van der Waals surface area contributed by atoms with Crippen molar-refractivity contribution < 1.29 is 19.1 Å². The first-order valence-electron chi connectivity index (χ1n) is 12.5. The SMILES string of the molecule is COCCOCCNC(=O)[C@H](CC1CCCC1)N(C=O)c1ccc([C@H](C)Nc2cc(Cl)cnc2C)s1. The lowest BCUT2D eigenvalue weighted by atomic mass is 9.97. The van der Waals surface area contributed by atoms with Gasteiger partial charge in [0.05, 0.1) is 47.3 Å². The Hall–Kier alpha value is -2.20. The molecule has 2 aromatic heterocycles. The number of halogens is 1. The van der Waals surface area contributed by atoms with Crippen LogP contribution in [0.25, 0.3) is 0 Å². The third-order valence-corrected chi connectivity index (χ3v) is 7.97. The monoisotopic (exact) mass is 536 g/mol. The summed E-state index contributed by atoms with van der Waals surface area (Å²) >= 11 is 7.62. The fourth-order valence-electron chi connectivity index (χ4n) is 4.47. The number of anilines is 2. The molecule has 36 heavy (non-hydrogen) atoms. The lowest BCUT2D eigenvalue weighted by Crippen LogP contribution is -2.48. The quantitative estimate of drug-likeness (QED) is 0.247. The van der Waals surface area contributed by atoms with E-state index in [1.165, 1.54) is 24.2 Å². The van der Waals surface area contributed by atoms with Crippen LogP contribution >= 0.6 is 22.9 Å². The fraction of sp³-hybridized carbons (Fsp3) is 0.577. The molecule has 0 radical (unpaired) electrons. The van der Waals surface area contributed by atoms with Crippen molar-refractivity contribution in [3.05, 3.63) is 40.0 Å². The van der Waals surface area contributed by atoms with Crippen molar-refractivity contribution in [1.29, 1.82) is 0 Å². The molecule has 0 unspecified atom stereocenters. The molecule has 0 spiro atoms. The molecule has 2 atom stereocenters. The Bertz CT molecular complexity index is 983. The molecule has 0 saturated heterocycles. The van der Waals surface area contributed by atoms with Crippen molar-refractivity contribution in [1.82, 2.24) is 10.3 Å². The van der Waals surface area contributed by atoms with Gasteiger partial charge in [0.2, 0.25) is 12.3 Å². The number of aromatic nitrogens is 1. The molecule has 0 aromatic carbocycles. The summed E-state index contributed by atoms with van der Waals surface area (Å²) in [6.45, 7) is 5.75. The Morgan fingerprint density at radius 2 is 2.08 bits per heavy atom. The van der Waals surface area contributed by atoms with E-state index in [9.17, 15) is 9.59 Å². The third kappa shape index (κ3) is 8.16. The summed E-state index contributed by atoms with van der Waals surface area (Å²) in [4.78, 5) is 32.5. The minimum atomic E-state index is -0.557. The number of amides is 2. The smallest absolute Gasteiger partial charge is 0.243 e. The van der Waals surface area contributed by atoms with Crippen molar-refractivity contribution in [3.63, 3.8) is 0 Å². The number of nitrogens with one attached hydrogen (secondary N) is 2. The summed E-state index contributed by atoms with van der Waals surface area (Å²) in [6.07, 6.45) is 7.62. The molecule has 10 heteroatoms. The molecular formula is C26H37ClN4O4S. The summed E-state index contributed by atoms with van der Waals surface area (Å²) in [5, 5.41) is 7.73. The Morgan fingerprint density at radius 1 is 1.31 bits per heavy atom. The molecule has 2 heterocycles. The van der Waals surface area contributed by atoms with Gasteiger partial charge in [-0.15, -0.1) is 11.3 Å². The van der Waals surface area contributed by atoms with Crippen molar-refractivity contribution in [2.45, 2.75) is 58.0 Å². The van der Waals surface area contributed by atoms with Gasteiger partial charge in [0.1, 0.15) is 6.04 Å². The molecular weight excluding hydrogens is 500 g/mol. The van der Waals surface area contributed by atoms with Gasteiger partial charge in [-0.25, -0.2) is 0 Å². The van der Waals surface area contributed by atoms with Crippen LogP contribution < -0.4 is 15.5 Å². The first-order valence-corrected chi connectivity index (χ1v) is 13.7. The van der Waals surface area contributed by atoms with Crippen LogP contribution in [-0.4, -0.2) is 56.8 Å². The Balaban J connectivity index is 1.69. The summed E-state index contributed by atoms with van der Waals surface area (Å²) in [6, 6.07) is 5.18. The number of nitrogens with zero attached hydrogens (tertiary/aromatic N) is 2. The van der Waals surface area contributed by atoms with Crippen LogP contribution in [0.4, 0.5) is 10.7 Å². The number of thiophene rings is 1. The maximum Gasteiger partial charge on any atom is 0.243 e. The molecule has 2 N–H and O–H groups in total. The van der Waals surface area contributed by atoms with Crippen LogP contribution in [0.2, 0.25) is 5.02 Å². The second kappa shape index (κ2) is 14.5. The van der Waals surface area contributed by atoms with Gasteiger partial charge in [0, 0.05) is 24.7 Å². The second-order valence-corrected chi connectivity index (χ2v) is 10.7. The van der Waals surface area contributed by atoms with Crippen molar-refractivity contribution in [3.8, 4) is 0 Å². The Morgan fingerprint density at radius 3 is 2.81 bits per heavy atom. The zero-order valence-corrected chi connectivity index (χ0v) is 22.9. The van der Waals surface area contributed by atoms with Gasteiger partial charge in [-0.3, -0.25) is 19.5 Å². The highest BCUT2D eigenvalue weighted by Crippen LogP contribution is 2.36. The minimum Gasteiger partial charge on any atom is -0.382 e. The van der Waals surface area contributed by atoms with E-state index in [0.29, 0.717) is 43.7 Å². The number of carbonyl (C=O) groups is 2. The first-order chi connectivity index (χ1) is 17.4. The summed E-state index contributed by atoms with van der Waals surface area (Å²) < 4.78 is 10.4. The van der Waals surface area contributed by atoms with Crippen LogP contribution in [0, 0.1) is 12.8 Å². The zero-order valence-electron chi connectivity index (χ0n) is 21.3. The predicted octanol–water partition coefficient (Wildman–Crippen LogP) is 4.97. The van der Waals surface area contributed by atoms with E-state index in [0.717, 1.165) is 40.5 Å². The Kier molecular flexibility index (Phi) is 11.4. The van der Waals surface area contributed by atoms with E-state index >= 15 is 0 Å². The molecule has 2 aromatic rings. The van der Waals surface area contributed by atoms with Crippen molar-refractivity contribution in [2.75, 3.05) is 43.7 Å². The predicted molar refractivity (Wildman–Crippen MR) is 145 cm³/mol. The average Bonchev–Trinajstić information content (AvgIpc) is 3.56. The maximum atomic E-state index is 13.2. The van der Waals surface area contributed by atoms with E-state index < -0.39 is 6.04 Å². The lowest BCUT2D eigenvalue weighted by Gasteiger charge is -2.28. The van der Waals surface area contributed by atoms with Gasteiger partial charge in [0.15, 0.2) is 0 Å². The van der Waals surface area contributed by atoms with Gasteiger partial charge < -0.3 is 20.1 Å². The second-order valence-electron chi connectivity index (χ2n) is 9.14. The molecule has 1 fully saturated rings. The number of methoxy groups -OCH3 is 1. The number of ether oxygens (including phenoxy) is 2. The molecule has 0 aliphatic heterocycles. The first kappa shape index (κ1) is 28.4. The van der Waals surface area contributed by atoms with Crippen molar-refractivity contribution >= 4 is 45.9 Å². The van der Waals surface area contributed by atoms with E-state index in [1.54, 1.807) is 18.2 Å². The highest BCUT2D eigenvalue weighted by molar-refractivity contribution is 7.16. The number of hydrogen-bond acceptors (Lipinski definition) is 7. The number of pyridine rings is 1. The number of hydrogen-bond donors (Lipinski definition) is 2. The van der Waals surface area contributed by atoms with Crippen LogP contribution in [0.1, 0.15) is 55.6 Å². The van der Waals surface area contributed by atoms with Crippen molar-refractivity contribution in [2.24, 2.45) is 5.92 Å². The van der Waals surface area contributed by atoms with Crippen LogP contribution in [0.15, 0.2) is 24.4 Å². The molecule has 1 aliphatic carbocycles. The number of rotatable bonds is 15. The zero-order chi connectivity index (χ0) is 25.9. The average molecular weight is 537 g/mol. The summed E-state index contributed by atoms with van der Waals surface area (Å²) in [7, 11) is 1.62. The van der Waals surface area contributed by atoms with E-state index in [2.05, 4.69) is 15.6 Å². The largest absolute Gasteiger partial charge is 0.382 e. The topological polar surface area (TPSA) is 92.8 Å². The van der Waals surface area contributed by atoms with Gasteiger partial charge in [-0.2, -0.15) is 0 Å². The maximum absolute atomic E-state index is 13.2. The molecule has 2 amide bonds. The Labute approximate surface area is 222 Å². The lowest BCUT2D eigenvalue weighted by molar-refractivity contribution is -0.124. The molecule has 1 saturated carbocycles. The minimum absolute atomic E-state index is 0.0254. The van der Waals surface area contributed by atoms with Gasteiger partial charge >= 0.3 is 0 Å². The number of aryl methyl sites for hydroxylation is 1. The van der Waals surface area contributed by atoms with Crippen LogP contribution in [0.5, 0.6) is 0 Å². The summed E-state index contributed by atoms with van der Waals surface area (Å²) in [5.41, 5.74) is 1.72. The highest BCUT2D eigenvalue weighted by atomic mass is 35.5. The highest BCUT2D eigenvalue weighted by Gasteiger charge is 2.31. The van der Waals surface area contributed by atoms with E-state index in [-0.39, 0.29) is 11.9 Å². The fourth-order valence-corrected chi connectivity index (χ4v) is 5.65. The van der Waals surface area contributed by atoms with E-state index in [4.69, 9.17) is 21.1 Å². The van der Waals surface area contributed by atoms with Gasteiger partial charge in [-0.1, -0.05) is 37.3 Å². The summed E-state index contributed by atoms with van der Waals surface area (Å²) in [5.74, 6) is 0.297. The molecule has 3 rings (SSSR count). The van der Waals surface area contributed by atoms with E-state index in [1.807, 2.05) is 32.0 Å². The molecule has 8 nitrogen and oxygen atoms in total. The molecule has 198 valence electrons. The molecule has 0 bridgehead atoms. The van der Waals surface area contributed by atoms with Gasteiger partial charge in [0.25, 0.3) is 0 Å². The number of carbonyl (C=O) groups excluding carboxylic acids is 2. The van der Waals surface area contributed by atoms with Crippen LogP contribution in [0.3, 0.4) is 0 Å². The standard InChI is InChI=1S/C26H37ClN4O4S/c1-18-22(15-21(27)16-29-18)30-19(2)24-8-9-25(36-24)31(17-32)23(14-20-6-4-5-7-20)26(33)28-10-11-35-13-12-34-3/h8-9,15-17,19-20,23,30H,4-7,10-14H2,1-3H3,(H,28,33)/t19-,23-/m0/s1. The normalized spacial score (nSPS) is 15.4. The van der Waals surface area contributed by atoms with Crippen LogP contribution in [-0.2, 0) is 19.1 Å².